The van der Waals surface area contributed by atoms with E-state index in [1.807, 2.05) is 23.1 Å². The highest BCUT2D eigenvalue weighted by molar-refractivity contribution is 5.97. The number of nitro groups is 1. The van der Waals surface area contributed by atoms with Gasteiger partial charge in [0.15, 0.2) is 0 Å². The first-order valence-electron chi connectivity index (χ1n) is 12.2. The van der Waals surface area contributed by atoms with Crippen molar-refractivity contribution in [1.82, 2.24) is 4.90 Å². The smallest absolute Gasteiger partial charge is 0.343 e. The fourth-order valence-corrected chi connectivity index (χ4v) is 5.02. The zero-order valence-electron chi connectivity index (χ0n) is 20.2. The zero-order valence-corrected chi connectivity index (χ0v) is 20.2. The van der Waals surface area contributed by atoms with Crippen molar-refractivity contribution in [3.63, 3.8) is 0 Å². The van der Waals surface area contributed by atoms with E-state index in [0.717, 1.165) is 16.7 Å². The average molecular weight is 492 g/mol. The number of carbonyl (C=O) groups is 1. The number of anilines is 1. The summed E-state index contributed by atoms with van der Waals surface area (Å²) in [6.07, 6.45) is 0.633. The number of esters is 1. The minimum absolute atomic E-state index is 0.0325. The SMILES string of the molecule is CCOC(=O)c1c(N2CCOCC2)oc2c1CCN(Cc1ccccc1)C2c1ccc([N+](=O)[O-])cc1. The summed E-state index contributed by atoms with van der Waals surface area (Å²) in [7, 11) is 0. The van der Waals surface area contributed by atoms with Crippen LogP contribution in [0, 0.1) is 10.1 Å². The molecule has 188 valence electrons. The number of rotatable bonds is 7. The van der Waals surface area contributed by atoms with E-state index in [-0.39, 0.29) is 24.3 Å². The molecule has 0 amide bonds. The summed E-state index contributed by atoms with van der Waals surface area (Å²) in [5.41, 5.74) is 3.39. The molecule has 5 rings (SSSR count). The van der Waals surface area contributed by atoms with Crippen molar-refractivity contribution in [3.8, 4) is 0 Å². The van der Waals surface area contributed by atoms with Gasteiger partial charge in [-0.05, 0) is 24.5 Å². The zero-order chi connectivity index (χ0) is 25.1. The van der Waals surface area contributed by atoms with Gasteiger partial charge < -0.3 is 18.8 Å². The van der Waals surface area contributed by atoms with E-state index >= 15 is 0 Å². The number of nitrogens with zero attached hydrogens (tertiary/aromatic N) is 3. The molecule has 2 aromatic carbocycles. The van der Waals surface area contributed by atoms with E-state index in [1.54, 1.807) is 19.1 Å². The third-order valence-electron chi connectivity index (χ3n) is 6.71. The van der Waals surface area contributed by atoms with Gasteiger partial charge in [-0.1, -0.05) is 42.5 Å². The summed E-state index contributed by atoms with van der Waals surface area (Å²) in [5, 5.41) is 11.3. The number of nitro benzene ring substituents is 1. The molecule has 3 aromatic rings. The standard InChI is InChI=1S/C27H29N3O6/c1-2-35-27(31)23-22-12-13-29(18-19-6-4-3-5-7-19)24(20-8-10-21(11-9-20)30(32)33)25(22)36-26(23)28-14-16-34-17-15-28/h3-11,24H,2,12-18H2,1H3. The first-order chi connectivity index (χ1) is 17.6. The van der Waals surface area contributed by atoms with Gasteiger partial charge in [0, 0.05) is 43.9 Å². The number of hydrogen-bond donors (Lipinski definition) is 0. The van der Waals surface area contributed by atoms with Crippen molar-refractivity contribution in [2.75, 3.05) is 44.4 Å². The summed E-state index contributed by atoms with van der Waals surface area (Å²) < 4.78 is 17.5. The van der Waals surface area contributed by atoms with Crippen molar-refractivity contribution >= 4 is 17.5 Å². The van der Waals surface area contributed by atoms with E-state index in [1.165, 1.54) is 12.1 Å². The average Bonchev–Trinajstić information content (AvgIpc) is 3.30. The van der Waals surface area contributed by atoms with Gasteiger partial charge >= 0.3 is 5.97 Å². The first kappa shape index (κ1) is 24.0. The number of ether oxygens (including phenoxy) is 2. The van der Waals surface area contributed by atoms with E-state index in [4.69, 9.17) is 13.9 Å². The number of morpholine rings is 1. The van der Waals surface area contributed by atoms with Crippen molar-refractivity contribution in [1.29, 1.82) is 0 Å². The topological polar surface area (TPSA) is 98.3 Å². The molecule has 0 saturated carbocycles. The lowest BCUT2D eigenvalue weighted by Crippen LogP contribution is -2.37. The molecule has 3 heterocycles. The van der Waals surface area contributed by atoms with Crippen LogP contribution in [0.4, 0.5) is 11.6 Å². The second kappa shape index (κ2) is 10.5. The summed E-state index contributed by atoms with van der Waals surface area (Å²) in [5.74, 6) is 0.828. The van der Waals surface area contributed by atoms with Gasteiger partial charge in [-0.15, -0.1) is 0 Å². The largest absolute Gasteiger partial charge is 0.462 e. The van der Waals surface area contributed by atoms with Crippen molar-refractivity contribution in [2.45, 2.75) is 25.9 Å². The summed E-state index contributed by atoms with van der Waals surface area (Å²) in [6, 6.07) is 16.4. The second-order valence-electron chi connectivity index (χ2n) is 8.90. The highest BCUT2D eigenvalue weighted by atomic mass is 16.6. The van der Waals surface area contributed by atoms with Gasteiger partial charge in [0.2, 0.25) is 5.88 Å². The summed E-state index contributed by atoms with van der Waals surface area (Å²) >= 11 is 0. The van der Waals surface area contributed by atoms with Gasteiger partial charge in [0.05, 0.1) is 30.8 Å². The Morgan fingerprint density at radius 2 is 1.81 bits per heavy atom. The van der Waals surface area contributed by atoms with Gasteiger partial charge in [0.1, 0.15) is 11.3 Å². The molecule has 0 radical (unpaired) electrons. The third-order valence-corrected chi connectivity index (χ3v) is 6.71. The van der Waals surface area contributed by atoms with Crippen LogP contribution in [-0.4, -0.2) is 55.2 Å². The Hall–Kier alpha value is -3.69. The van der Waals surface area contributed by atoms with Crippen LogP contribution in [0.5, 0.6) is 0 Å². The maximum atomic E-state index is 13.1. The molecular weight excluding hydrogens is 462 g/mol. The molecule has 1 fully saturated rings. The summed E-state index contributed by atoms with van der Waals surface area (Å²) in [6.45, 7) is 5.78. The monoisotopic (exact) mass is 491 g/mol. The normalized spacial score (nSPS) is 18.0. The molecule has 9 heteroatoms. The minimum Gasteiger partial charge on any atom is -0.462 e. The van der Waals surface area contributed by atoms with Crippen LogP contribution in [0.2, 0.25) is 0 Å². The van der Waals surface area contributed by atoms with Crippen LogP contribution in [0.15, 0.2) is 59.0 Å². The predicted octanol–water partition coefficient (Wildman–Crippen LogP) is 4.35. The lowest BCUT2D eigenvalue weighted by atomic mass is 9.91. The molecular formula is C27H29N3O6. The maximum Gasteiger partial charge on any atom is 0.343 e. The van der Waals surface area contributed by atoms with Crippen LogP contribution in [0.1, 0.15) is 45.8 Å². The molecule has 2 aliphatic heterocycles. The number of furan rings is 1. The first-order valence-corrected chi connectivity index (χ1v) is 12.2. The lowest BCUT2D eigenvalue weighted by Gasteiger charge is -2.35. The molecule has 36 heavy (non-hydrogen) atoms. The van der Waals surface area contributed by atoms with Crippen LogP contribution in [-0.2, 0) is 22.4 Å². The van der Waals surface area contributed by atoms with Crippen LogP contribution in [0.25, 0.3) is 0 Å². The van der Waals surface area contributed by atoms with Crippen LogP contribution in [0.3, 0.4) is 0 Å². The molecule has 0 bridgehead atoms. The van der Waals surface area contributed by atoms with Crippen molar-refractivity contribution in [3.05, 3.63) is 92.7 Å². The van der Waals surface area contributed by atoms with E-state index in [2.05, 4.69) is 17.0 Å². The fraction of sp³-hybridized carbons (Fsp3) is 0.370. The molecule has 0 N–H and O–H groups in total. The molecule has 1 saturated heterocycles. The Bertz CT molecular complexity index is 1220. The molecule has 0 aliphatic carbocycles. The number of benzene rings is 2. The highest BCUT2D eigenvalue weighted by Gasteiger charge is 2.39. The Morgan fingerprint density at radius 3 is 2.47 bits per heavy atom. The van der Waals surface area contributed by atoms with Gasteiger partial charge in [-0.2, -0.15) is 0 Å². The number of fused-ring (bicyclic) bond motifs is 1. The molecule has 1 atom stereocenters. The molecule has 1 aromatic heterocycles. The molecule has 0 spiro atoms. The predicted molar refractivity (Wildman–Crippen MR) is 133 cm³/mol. The highest BCUT2D eigenvalue weighted by Crippen LogP contribution is 2.43. The van der Waals surface area contributed by atoms with Crippen LogP contribution < -0.4 is 4.90 Å². The lowest BCUT2D eigenvalue weighted by molar-refractivity contribution is -0.384. The van der Waals surface area contributed by atoms with Crippen molar-refractivity contribution < 1.29 is 23.6 Å². The van der Waals surface area contributed by atoms with Gasteiger partial charge in [-0.3, -0.25) is 15.0 Å². The Kier molecular flexibility index (Phi) is 7.02. The Labute approximate surface area is 209 Å². The van der Waals surface area contributed by atoms with Gasteiger partial charge in [-0.25, -0.2) is 4.79 Å². The number of non-ortho nitro benzene ring substituents is 1. The Morgan fingerprint density at radius 1 is 1.08 bits per heavy atom. The quantitative estimate of drug-likeness (QED) is 0.273. The molecule has 9 nitrogen and oxygen atoms in total. The summed E-state index contributed by atoms with van der Waals surface area (Å²) in [4.78, 5) is 28.3. The maximum absolute atomic E-state index is 13.1. The number of carbonyl (C=O) groups excluding carboxylic acids is 1. The number of hydrogen-bond acceptors (Lipinski definition) is 8. The van der Waals surface area contributed by atoms with E-state index in [0.29, 0.717) is 63.0 Å². The van der Waals surface area contributed by atoms with Gasteiger partial charge in [0.25, 0.3) is 5.69 Å². The minimum atomic E-state index is -0.403. The molecule has 1 unspecified atom stereocenters. The van der Waals surface area contributed by atoms with Crippen molar-refractivity contribution in [2.24, 2.45) is 0 Å². The second-order valence-corrected chi connectivity index (χ2v) is 8.90. The third kappa shape index (κ3) is 4.72. The van der Waals surface area contributed by atoms with E-state index < -0.39 is 4.92 Å². The molecule has 2 aliphatic rings. The Balaban J connectivity index is 1.61. The van der Waals surface area contributed by atoms with Crippen LogP contribution >= 0.6 is 0 Å². The van der Waals surface area contributed by atoms with E-state index in [9.17, 15) is 14.9 Å². The fourth-order valence-electron chi connectivity index (χ4n) is 5.02.